The van der Waals surface area contributed by atoms with Crippen LogP contribution in [0, 0.1) is 18.6 Å². The number of rotatable bonds is 5. The number of hydrogen-bond acceptors (Lipinski definition) is 6. The first kappa shape index (κ1) is 23.7. The highest BCUT2D eigenvalue weighted by atomic mass is 35.5. The number of halogens is 3. The second kappa shape index (κ2) is 9.18. The minimum absolute atomic E-state index is 0.00541. The predicted octanol–water partition coefficient (Wildman–Crippen LogP) is 4.63. The molecular formula is C24H22ClF2N5O2S. The van der Waals surface area contributed by atoms with Gasteiger partial charge in [-0.25, -0.2) is 22.2 Å². The molecule has 1 aliphatic rings. The van der Waals surface area contributed by atoms with Crippen molar-refractivity contribution in [1.82, 2.24) is 19.4 Å². The molecule has 182 valence electrons. The zero-order valence-electron chi connectivity index (χ0n) is 18.8. The summed E-state index contributed by atoms with van der Waals surface area (Å²) in [5, 5.41) is 4.41. The van der Waals surface area contributed by atoms with Crippen LogP contribution in [-0.4, -0.2) is 52.4 Å². The van der Waals surface area contributed by atoms with Gasteiger partial charge < -0.3 is 9.88 Å². The highest BCUT2D eigenvalue weighted by Gasteiger charge is 2.24. The summed E-state index contributed by atoms with van der Waals surface area (Å²) >= 11 is 6.19. The van der Waals surface area contributed by atoms with E-state index in [-0.39, 0.29) is 42.4 Å². The van der Waals surface area contributed by atoms with Crippen molar-refractivity contribution in [2.75, 3.05) is 29.9 Å². The van der Waals surface area contributed by atoms with Gasteiger partial charge >= 0.3 is 0 Å². The number of hydrogen-bond donors (Lipinski definition) is 1. The Hall–Kier alpha value is -3.08. The number of nitrogens with one attached hydrogen (secondary N) is 1. The highest BCUT2D eigenvalue weighted by molar-refractivity contribution is 7.91. The second-order valence-corrected chi connectivity index (χ2v) is 11.3. The fourth-order valence-corrected chi connectivity index (χ4v) is 5.46. The molecule has 35 heavy (non-hydrogen) atoms. The van der Waals surface area contributed by atoms with Gasteiger partial charge in [0.25, 0.3) is 0 Å². The Morgan fingerprint density at radius 2 is 1.80 bits per heavy atom. The number of anilines is 2. The lowest BCUT2D eigenvalue weighted by atomic mass is 10.1. The third kappa shape index (κ3) is 5.00. The van der Waals surface area contributed by atoms with Crippen LogP contribution in [0.1, 0.15) is 11.1 Å². The molecule has 1 fully saturated rings. The Balaban J connectivity index is 1.42. The minimum Gasteiger partial charge on any atom is -0.324 e. The van der Waals surface area contributed by atoms with E-state index in [9.17, 15) is 17.2 Å². The third-order valence-electron chi connectivity index (χ3n) is 6.08. The molecule has 0 saturated carbocycles. The quantitative estimate of drug-likeness (QED) is 0.415. The van der Waals surface area contributed by atoms with Gasteiger partial charge in [-0.3, -0.25) is 4.90 Å². The van der Waals surface area contributed by atoms with Crippen molar-refractivity contribution in [3.8, 4) is 5.69 Å². The van der Waals surface area contributed by atoms with Gasteiger partial charge in [-0.05, 0) is 42.8 Å². The summed E-state index contributed by atoms with van der Waals surface area (Å²) in [5.41, 5.74) is 2.33. The van der Waals surface area contributed by atoms with Crippen LogP contribution in [0.25, 0.3) is 16.7 Å². The summed E-state index contributed by atoms with van der Waals surface area (Å²) in [5.74, 6) is -1.09. The van der Waals surface area contributed by atoms with Gasteiger partial charge in [0.05, 0.1) is 17.2 Å². The van der Waals surface area contributed by atoms with Crippen molar-refractivity contribution in [1.29, 1.82) is 0 Å². The van der Waals surface area contributed by atoms with E-state index in [2.05, 4.69) is 15.3 Å². The van der Waals surface area contributed by atoms with Crippen molar-refractivity contribution < 1.29 is 17.2 Å². The molecule has 0 amide bonds. The topological polar surface area (TPSA) is 80.1 Å². The van der Waals surface area contributed by atoms with Crippen molar-refractivity contribution in [3.05, 3.63) is 76.6 Å². The summed E-state index contributed by atoms with van der Waals surface area (Å²) in [4.78, 5) is 10.6. The van der Waals surface area contributed by atoms with Crippen LogP contribution in [0.15, 0.2) is 48.8 Å². The number of aromatic nitrogens is 3. The normalized spacial score (nSPS) is 16.0. The molecule has 0 unspecified atom stereocenters. The van der Waals surface area contributed by atoms with Gasteiger partial charge in [-0.1, -0.05) is 17.7 Å². The fraction of sp³-hybridized carbons (Fsp3) is 0.250. The van der Waals surface area contributed by atoms with E-state index in [4.69, 9.17) is 11.6 Å². The van der Waals surface area contributed by atoms with Crippen LogP contribution >= 0.6 is 11.6 Å². The number of aryl methyl sites for hydroxylation is 1. The average molecular weight is 518 g/mol. The zero-order chi connectivity index (χ0) is 24.7. The van der Waals surface area contributed by atoms with Crippen LogP contribution < -0.4 is 5.32 Å². The Bertz CT molecular complexity index is 1500. The lowest BCUT2D eigenvalue weighted by Gasteiger charge is -2.26. The van der Waals surface area contributed by atoms with Gasteiger partial charge in [-0.15, -0.1) is 0 Å². The molecule has 1 N–H and O–H groups in total. The molecule has 0 bridgehead atoms. The standard InChI is InChI=1S/C24H22ClF2N5O2S/c1-15-2-3-17(10-20(15)25)29-24-28-13-16-4-5-32(23(16)30-24)18-11-21(26)19(22(27)12-18)14-31-6-8-35(33,34)9-7-31/h2-5,10-13H,6-9,14H2,1H3,(H,28,29,30). The summed E-state index contributed by atoms with van der Waals surface area (Å²) in [6.45, 7) is 2.42. The molecule has 0 aliphatic carbocycles. The van der Waals surface area contributed by atoms with Gasteiger partial charge in [0.15, 0.2) is 9.84 Å². The Morgan fingerprint density at radius 1 is 1.09 bits per heavy atom. The van der Waals surface area contributed by atoms with Crippen LogP contribution in [0.5, 0.6) is 0 Å². The molecule has 11 heteroatoms. The molecule has 1 saturated heterocycles. The van der Waals surface area contributed by atoms with Gasteiger partial charge in [0.2, 0.25) is 5.95 Å². The smallest absolute Gasteiger partial charge is 0.229 e. The molecule has 2 aromatic carbocycles. The van der Waals surface area contributed by atoms with Gasteiger partial charge in [0.1, 0.15) is 17.3 Å². The number of nitrogens with zero attached hydrogens (tertiary/aromatic N) is 4. The maximum atomic E-state index is 15.0. The van der Waals surface area contributed by atoms with E-state index >= 15 is 0 Å². The second-order valence-electron chi connectivity index (χ2n) is 8.56. The zero-order valence-corrected chi connectivity index (χ0v) is 20.4. The molecule has 0 spiro atoms. The molecule has 3 heterocycles. The first-order valence-electron chi connectivity index (χ1n) is 11.0. The van der Waals surface area contributed by atoms with E-state index in [0.29, 0.717) is 27.7 Å². The molecule has 5 rings (SSSR count). The lowest BCUT2D eigenvalue weighted by Crippen LogP contribution is -2.40. The molecule has 7 nitrogen and oxygen atoms in total. The number of fused-ring (bicyclic) bond motifs is 1. The van der Waals surface area contributed by atoms with E-state index in [1.165, 1.54) is 12.1 Å². The maximum Gasteiger partial charge on any atom is 0.229 e. The Kier molecular flexibility index (Phi) is 6.20. The average Bonchev–Trinajstić information content (AvgIpc) is 3.23. The number of benzene rings is 2. The Labute approximate surface area is 206 Å². The number of sulfone groups is 1. The van der Waals surface area contributed by atoms with Crippen molar-refractivity contribution in [2.24, 2.45) is 0 Å². The van der Waals surface area contributed by atoms with E-state index in [1.54, 1.807) is 34.0 Å². The summed E-state index contributed by atoms with van der Waals surface area (Å²) in [6.07, 6.45) is 3.30. The molecular weight excluding hydrogens is 496 g/mol. The van der Waals surface area contributed by atoms with E-state index < -0.39 is 21.5 Å². The molecule has 4 aromatic rings. The molecule has 0 atom stereocenters. The highest BCUT2D eigenvalue weighted by Crippen LogP contribution is 2.26. The van der Waals surface area contributed by atoms with Gasteiger partial charge in [-0.2, -0.15) is 4.98 Å². The SMILES string of the molecule is Cc1ccc(Nc2ncc3ccn(-c4cc(F)c(CN5CCS(=O)(=O)CC5)c(F)c4)c3n2)cc1Cl. The largest absolute Gasteiger partial charge is 0.324 e. The molecule has 0 radical (unpaired) electrons. The van der Waals surface area contributed by atoms with Crippen LogP contribution in [0.4, 0.5) is 20.4 Å². The van der Waals surface area contributed by atoms with Gasteiger partial charge in [0, 0.05) is 53.7 Å². The van der Waals surface area contributed by atoms with E-state index in [0.717, 1.165) is 5.56 Å². The fourth-order valence-electron chi connectivity index (χ4n) is 4.00. The van der Waals surface area contributed by atoms with Crippen LogP contribution in [-0.2, 0) is 16.4 Å². The maximum absolute atomic E-state index is 15.0. The van der Waals surface area contributed by atoms with E-state index in [1.807, 2.05) is 19.1 Å². The monoisotopic (exact) mass is 517 g/mol. The minimum atomic E-state index is -3.07. The first-order valence-corrected chi connectivity index (χ1v) is 13.2. The summed E-state index contributed by atoms with van der Waals surface area (Å²) in [7, 11) is -3.07. The van der Waals surface area contributed by atoms with Crippen molar-refractivity contribution in [3.63, 3.8) is 0 Å². The predicted molar refractivity (Wildman–Crippen MR) is 132 cm³/mol. The summed E-state index contributed by atoms with van der Waals surface area (Å²) in [6, 6.07) is 9.78. The summed E-state index contributed by atoms with van der Waals surface area (Å²) < 4.78 is 54.8. The first-order chi connectivity index (χ1) is 16.7. The van der Waals surface area contributed by atoms with Crippen LogP contribution in [0.3, 0.4) is 0 Å². The van der Waals surface area contributed by atoms with Crippen LogP contribution in [0.2, 0.25) is 5.02 Å². The molecule has 1 aliphatic heterocycles. The van der Waals surface area contributed by atoms with Crippen molar-refractivity contribution >= 4 is 44.1 Å². The van der Waals surface area contributed by atoms with Crippen molar-refractivity contribution in [2.45, 2.75) is 13.5 Å². The third-order valence-corrected chi connectivity index (χ3v) is 8.09. The Morgan fingerprint density at radius 3 is 2.49 bits per heavy atom. The molecule has 2 aromatic heterocycles. The lowest BCUT2D eigenvalue weighted by molar-refractivity contribution is 0.278.